The molecule has 0 aliphatic carbocycles. The molecule has 6 heteroatoms. The molecule has 2 aromatic carbocycles. The van der Waals surface area contributed by atoms with Gasteiger partial charge in [-0.1, -0.05) is 6.07 Å². The zero-order chi connectivity index (χ0) is 18.2. The fourth-order valence-corrected chi connectivity index (χ4v) is 2.88. The number of ether oxygens (including phenoxy) is 1. The van der Waals surface area contributed by atoms with Crippen molar-refractivity contribution >= 4 is 5.91 Å². The van der Waals surface area contributed by atoms with Gasteiger partial charge in [-0.2, -0.15) is 5.26 Å². The monoisotopic (exact) mass is 340 g/mol. The van der Waals surface area contributed by atoms with E-state index in [-0.39, 0.29) is 5.56 Å². The average molecular weight is 340 g/mol. The quantitative estimate of drug-likeness (QED) is 0.881. The summed E-state index contributed by atoms with van der Waals surface area (Å²) in [5.74, 6) is -0.555. The van der Waals surface area contributed by atoms with Gasteiger partial charge >= 0.3 is 0 Å². The van der Waals surface area contributed by atoms with Crippen LogP contribution in [0.15, 0.2) is 42.5 Å². The van der Waals surface area contributed by atoms with Gasteiger partial charge in [0.25, 0.3) is 5.91 Å². The van der Waals surface area contributed by atoms with Gasteiger partial charge in [-0.05, 0) is 50.2 Å². The first-order chi connectivity index (χ1) is 11.8. The van der Waals surface area contributed by atoms with Crippen molar-refractivity contribution in [3.8, 4) is 11.8 Å². The van der Waals surface area contributed by atoms with Crippen LogP contribution >= 0.6 is 0 Å². The van der Waals surface area contributed by atoms with Crippen LogP contribution < -0.4 is 10.1 Å². The summed E-state index contributed by atoms with van der Waals surface area (Å²) in [7, 11) is 0. The molecule has 2 aromatic rings. The summed E-state index contributed by atoms with van der Waals surface area (Å²) in [5.41, 5.74) is 0.102. The van der Waals surface area contributed by atoms with Crippen molar-refractivity contribution in [1.82, 2.24) is 5.32 Å². The largest absolute Gasteiger partial charge is 0.485 e. The number of nitrogens with zero attached hydrogens (tertiary/aromatic N) is 1. The molecule has 3 rings (SSSR count). The van der Waals surface area contributed by atoms with Crippen LogP contribution in [0.5, 0.6) is 5.75 Å². The molecule has 1 amide bonds. The minimum Gasteiger partial charge on any atom is -0.485 e. The molecule has 0 radical (unpaired) electrons. The number of hydrogen-bond donors (Lipinski definition) is 2. The number of rotatable bonds is 2. The average Bonchev–Trinajstić information content (AvgIpc) is 2.58. The lowest BCUT2D eigenvalue weighted by molar-refractivity contribution is -0.0627. The summed E-state index contributed by atoms with van der Waals surface area (Å²) in [6.07, 6.45) is -1.05. The molecule has 0 unspecified atom stereocenters. The van der Waals surface area contributed by atoms with Gasteiger partial charge in [0.15, 0.2) is 0 Å². The van der Waals surface area contributed by atoms with E-state index in [0.29, 0.717) is 16.9 Å². The van der Waals surface area contributed by atoms with Crippen LogP contribution in [0.25, 0.3) is 0 Å². The molecule has 128 valence electrons. The van der Waals surface area contributed by atoms with Gasteiger partial charge in [0, 0.05) is 11.1 Å². The van der Waals surface area contributed by atoms with E-state index in [4.69, 9.17) is 10.00 Å². The van der Waals surface area contributed by atoms with Crippen LogP contribution in [0, 0.1) is 17.1 Å². The van der Waals surface area contributed by atoms with Crippen molar-refractivity contribution in [3.63, 3.8) is 0 Å². The summed E-state index contributed by atoms with van der Waals surface area (Å²) < 4.78 is 19.2. The third-order valence-corrected chi connectivity index (χ3v) is 4.25. The van der Waals surface area contributed by atoms with Crippen LogP contribution in [0.2, 0.25) is 0 Å². The van der Waals surface area contributed by atoms with Crippen LogP contribution in [0.1, 0.15) is 41.4 Å². The smallest absolute Gasteiger partial charge is 0.251 e. The maximum Gasteiger partial charge on any atom is 0.251 e. The van der Waals surface area contributed by atoms with E-state index in [0.717, 1.165) is 6.07 Å². The Kier molecular flexibility index (Phi) is 4.19. The van der Waals surface area contributed by atoms with Crippen molar-refractivity contribution in [2.45, 2.75) is 31.6 Å². The molecule has 1 aliphatic heterocycles. The maximum absolute atomic E-state index is 13.4. The Balaban J connectivity index is 1.99. The third kappa shape index (κ3) is 3.19. The number of nitrogens with one attached hydrogen (secondary N) is 1. The first-order valence-electron chi connectivity index (χ1n) is 7.79. The van der Waals surface area contributed by atoms with Gasteiger partial charge < -0.3 is 15.2 Å². The summed E-state index contributed by atoms with van der Waals surface area (Å²) in [6, 6.07) is 11.4. The molecule has 2 N–H and O–H groups in total. The number of aliphatic hydroxyl groups excluding tert-OH is 1. The minimum atomic E-state index is -1.05. The summed E-state index contributed by atoms with van der Waals surface area (Å²) in [5, 5.41) is 22.5. The fraction of sp³-hybridized carbons (Fsp3) is 0.263. The third-order valence-electron chi connectivity index (χ3n) is 4.25. The van der Waals surface area contributed by atoms with Gasteiger partial charge in [-0.3, -0.25) is 4.79 Å². The number of aliphatic hydroxyl groups is 1. The highest BCUT2D eigenvalue weighted by Crippen LogP contribution is 2.40. The maximum atomic E-state index is 13.4. The minimum absolute atomic E-state index is 0.148. The Morgan fingerprint density at radius 2 is 2.08 bits per heavy atom. The summed E-state index contributed by atoms with van der Waals surface area (Å²) >= 11 is 0. The van der Waals surface area contributed by atoms with Gasteiger partial charge in [0.05, 0.1) is 17.7 Å². The van der Waals surface area contributed by atoms with Crippen LogP contribution in [0.3, 0.4) is 0 Å². The number of fused-ring (bicyclic) bond motifs is 1. The number of nitriles is 1. The lowest BCUT2D eigenvalue weighted by atomic mass is 9.85. The Morgan fingerprint density at radius 3 is 2.76 bits per heavy atom. The van der Waals surface area contributed by atoms with Gasteiger partial charge in [-0.15, -0.1) is 0 Å². The van der Waals surface area contributed by atoms with Crippen molar-refractivity contribution in [2.75, 3.05) is 0 Å². The van der Waals surface area contributed by atoms with Crippen molar-refractivity contribution < 1.29 is 19.0 Å². The molecule has 0 spiro atoms. The number of halogens is 1. The van der Waals surface area contributed by atoms with Crippen molar-refractivity contribution in [3.05, 3.63) is 65.0 Å². The number of carbonyl (C=O) groups is 1. The van der Waals surface area contributed by atoms with Gasteiger partial charge in [-0.25, -0.2) is 4.39 Å². The molecule has 1 heterocycles. The molecular weight excluding hydrogens is 323 g/mol. The molecular formula is C19H17FN2O3. The molecule has 25 heavy (non-hydrogen) atoms. The van der Waals surface area contributed by atoms with E-state index >= 15 is 0 Å². The molecule has 0 fully saturated rings. The highest BCUT2D eigenvalue weighted by molar-refractivity contribution is 5.94. The van der Waals surface area contributed by atoms with E-state index < -0.39 is 29.5 Å². The predicted molar refractivity (Wildman–Crippen MR) is 88.5 cm³/mol. The topological polar surface area (TPSA) is 82.3 Å². The normalized spacial score (nSPS) is 20.8. The van der Waals surface area contributed by atoms with Crippen LogP contribution in [-0.4, -0.2) is 22.7 Å². The predicted octanol–water partition coefficient (Wildman–Crippen LogP) is 2.70. The van der Waals surface area contributed by atoms with E-state index in [1.807, 2.05) is 6.07 Å². The van der Waals surface area contributed by atoms with Crippen LogP contribution in [-0.2, 0) is 0 Å². The number of amides is 1. The molecule has 1 aliphatic rings. The molecule has 0 saturated carbocycles. The summed E-state index contributed by atoms with van der Waals surface area (Å²) in [4.78, 5) is 12.5. The highest BCUT2D eigenvalue weighted by Gasteiger charge is 2.43. The molecule has 0 bridgehead atoms. The van der Waals surface area contributed by atoms with Gasteiger partial charge in [0.2, 0.25) is 0 Å². The Bertz CT molecular complexity index is 873. The van der Waals surface area contributed by atoms with E-state index in [9.17, 15) is 14.3 Å². The van der Waals surface area contributed by atoms with E-state index in [1.54, 1.807) is 32.0 Å². The number of benzene rings is 2. The lowest BCUT2D eigenvalue weighted by Gasteiger charge is -2.42. The number of hydrogen-bond acceptors (Lipinski definition) is 4. The van der Waals surface area contributed by atoms with Crippen molar-refractivity contribution in [2.24, 2.45) is 0 Å². The second kappa shape index (κ2) is 6.19. The Labute approximate surface area is 144 Å². The highest BCUT2D eigenvalue weighted by atomic mass is 19.1. The van der Waals surface area contributed by atoms with E-state index in [2.05, 4.69) is 5.32 Å². The molecule has 0 aromatic heterocycles. The zero-order valence-corrected chi connectivity index (χ0v) is 13.8. The first-order valence-corrected chi connectivity index (χ1v) is 7.79. The van der Waals surface area contributed by atoms with Crippen LogP contribution in [0.4, 0.5) is 4.39 Å². The Hall–Kier alpha value is -2.91. The lowest BCUT2D eigenvalue weighted by Crippen LogP contribution is -2.53. The SMILES string of the molecule is CC1(C)Oc2ccc(C#N)cc2[C@H](NC(=O)c2cccc(F)c2)[C@@H]1O. The summed E-state index contributed by atoms with van der Waals surface area (Å²) in [6.45, 7) is 3.42. The molecule has 0 saturated heterocycles. The zero-order valence-electron chi connectivity index (χ0n) is 13.8. The van der Waals surface area contributed by atoms with E-state index in [1.165, 1.54) is 18.2 Å². The van der Waals surface area contributed by atoms with Crippen molar-refractivity contribution in [1.29, 1.82) is 5.26 Å². The Morgan fingerprint density at radius 1 is 1.32 bits per heavy atom. The first kappa shape index (κ1) is 16.9. The second-order valence-electron chi connectivity index (χ2n) is 6.48. The fourth-order valence-electron chi connectivity index (χ4n) is 2.88. The number of carbonyl (C=O) groups excluding carboxylic acids is 1. The molecule has 5 nitrogen and oxygen atoms in total. The van der Waals surface area contributed by atoms with Gasteiger partial charge in [0.1, 0.15) is 23.3 Å². The second-order valence-corrected chi connectivity index (χ2v) is 6.48. The standard InChI is InChI=1S/C19H17FN2O3/c1-19(2)17(23)16(14-8-11(10-21)6-7-15(14)25-19)22-18(24)12-4-3-5-13(20)9-12/h3-9,16-17,23H,1-2H3,(H,22,24)/t16-,17-/m0/s1. The molecule has 2 atom stereocenters.